The van der Waals surface area contributed by atoms with E-state index in [0.29, 0.717) is 12.3 Å². The highest BCUT2D eigenvalue weighted by Crippen LogP contribution is 2.26. The summed E-state index contributed by atoms with van der Waals surface area (Å²) in [6.45, 7) is 2.03. The highest BCUT2D eigenvalue weighted by molar-refractivity contribution is 7.99. The van der Waals surface area contributed by atoms with Crippen molar-refractivity contribution in [1.82, 2.24) is 5.32 Å². The van der Waals surface area contributed by atoms with Gasteiger partial charge >= 0.3 is 0 Å². The van der Waals surface area contributed by atoms with Gasteiger partial charge in [-0.1, -0.05) is 23.8 Å². The molecule has 0 atom stereocenters. The van der Waals surface area contributed by atoms with E-state index < -0.39 is 21.7 Å². The summed E-state index contributed by atoms with van der Waals surface area (Å²) in [4.78, 5) is 13.6. The fourth-order valence-electron chi connectivity index (χ4n) is 2.62. The van der Waals surface area contributed by atoms with Crippen LogP contribution in [0.2, 0.25) is 0 Å². The third-order valence-corrected chi connectivity index (χ3v) is 8.32. The van der Waals surface area contributed by atoms with E-state index in [1.54, 1.807) is 23.2 Å². The Balaban J connectivity index is 1.64. The number of anilines is 1. The van der Waals surface area contributed by atoms with Gasteiger partial charge in [0.05, 0.1) is 5.69 Å². The Morgan fingerprint density at radius 3 is 2.43 bits per heavy atom. The Morgan fingerprint density at radius 2 is 1.80 bits per heavy atom. The summed E-state index contributed by atoms with van der Waals surface area (Å²) < 4.78 is 40.5. The zero-order valence-electron chi connectivity index (χ0n) is 16.2. The molecule has 9 heteroatoms. The molecule has 0 unspecified atom stereocenters. The number of hydrogen-bond donors (Lipinski definition) is 1. The minimum absolute atomic E-state index is 0.120. The van der Waals surface area contributed by atoms with Gasteiger partial charge in [-0.3, -0.25) is 9.10 Å². The average molecular weight is 465 g/mol. The number of nitrogens with zero attached hydrogens (tertiary/aromatic N) is 1. The number of carbonyl (C=O) groups excluding carboxylic acids is 1. The first kappa shape index (κ1) is 22.3. The maximum absolute atomic E-state index is 13.3. The van der Waals surface area contributed by atoms with Crippen molar-refractivity contribution in [2.24, 2.45) is 0 Å². The lowest BCUT2D eigenvalue weighted by Gasteiger charge is -2.23. The van der Waals surface area contributed by atoms with E-state index in [1.165, 1.54) is 35.9 Å². The Hall–Kier alpha value is -2.36. The number of thiophene rings is 1. The van der Waals surface area contributed by atoms with Gasteiger partial charge in [-0.2, -0.15) is 0 Å². The molecule has 0 saturated heterocycles. The lowest BCUT2D eigenvalue weighted by molar-refractivity contribution is -0.119. The zero-order chi connectivity index (χ0) is 21.6. The van der Waals surface area contributed by atoms with Crippen LogP contribution in [0.25, 0.3) is 0 Å². The molecule has 30 heavy (non-hydrogen) atoms. The molecule has 0 bridgehead atoms. The number of halogens is 1. The summed E-state index contributed by atoms with van der Waals surface area (Å²) >= 11 is 2.67. The quantitative estimate of drug-likeness (QED) is 0.379. The van der Waals surface area contributed by atoms with Gasteiger partial charge in [0.2, 0.25) is 5.91 Å². The SMILES string of the molecule is Cc1ccc(SCCNC(=O)CN(c2ccc(F)cc2)S(=O)(=O)c2cccs2)cc1. The minimum Gasteiger partial charge on any atom is -0.354 e. The molecular weight excluding hydrogens is 443 g/mol. The zero-order valence-corrected chi connectivity index (χ0v) is 18.7. The topological polar surface area (TPSA) is 66.5 Å². The number of aryl methyl sites for hydroxylation is 1. The van der Waals surface area contributed by atoms with Crippen molar-refractivity contribution in [2.75, 3.05) is 23.1 Å². The molecule has 1 aromatic heterocycles. The molecule has 1 N–H and O–H groups in total. The van der Waals surface area contributed by atoms with Crippen molar-refractivity contribution >= 4 is 44.7 Å². The molecule has 0 fully saturated rings. The van der Waals surface area contributed by atoms with Crippen LogP contribution in [0.5, 0.6) is 0 Å². The molecule has 0 aliphatic rings. The summed E-state index contributed by atoms with van der Waals surface area (Å²) in [5.74, 6) is -0.253. The van der Waals surface area contributed by atoms with Crippen molar-refractivity contribution in [1.29, 1.82) is 0 Å². The van der Waals surface area contributed by atoms with Crippen molar-refractivity contribution in [3.8, 4) is 0 Å². The molecule has 0 spiro atoms. The van der Waals surface area contributed by atoms with Crippen LogP contribution in [-0.2, 0) is 14.8 Å². The van der Waals surface area contributed by atoms with E-state index in [9.17, 15) is 17.6 Å². The lowest BCUT2D eigenvalue weighted by Crippen LogP contribution is -2.41. The van der Waals surface area contributed by atoms with Gasteiger partial charge < -0.3 is 5.32 Å². The van der Waals surface area contributed by atoms with E-state index in [1.807, 2.05) is 31.2 Å². The fourth-order valence-corrected chi connectivity index (χ4v) is 5.92. The fraction of sp³-hybridized carbons (Fsp3) is 0.190. The highest BCUT2D eigenvalue weighted by Gasteiger charge is 2.28. The molecule has 0 aliphatic heterocycles. The van der Waals surface area contributed by atoms with Gasteiger partial charge in [0.15, 0.2) is 0 Å². The summed E-state index contributed by atoms with van der Waals surface area (Å²) in [6, 6.07) is 16.2. The number of thioether (sulfide) groups is 1. The Kier molecular flexibility index (Phi) is 7.52. The minimum atomic E-state index is -3.93. The standard InChI is InChI=1S/C21H21FN2O3S3/c1-16-4-10-19(11-5-16)28-14-12-23-20(25)15-24(18-8-6-17(22)7-9-18)30(26,27)21-3-2-13-29-21/h2-11,13H,12,14-15H2,1H3,(H,23,25). The van der Waals surface area contributed by atoms with Gasteiger partial charge in [-0.25, -0.2) is 12.8 Å². The second-order valence-electron chi connectivity index (χ2n) is 6.43. The number of nitrogens with one attached hydrogen (secondary N) is 1. The maximum Gasteiger partial charge on any atom is 0.274 e. The highest BCUT2D eigenvalue weighted by atomic mass is 32.2. The number of carbonyl (C=O) groups is 1. The number of hydrogen-bond acceptors (Lipinski definition) is 5. The van der Waals surface area contributed by atoms with Crippen molar-refractivity contribution < 1.29 is 17.6 Å². The molecule has 1 heterocycles. The van der Waals surface area contributed by atoms with Crippen LogP contribution in [0.3, 0.4) is 0 Å². The van der Waals surface area contributed by atoms with Crippen LogP contribution in [0, 0.1) is 12.7 Å². The van der Waals surface area contributed by atoms with E-state index in [0.717, 1.165) is 20.5 Å². The third kappa shape index (κ3) is 5.84. The average Bonchev–Trinajstić information content (AvgIpc) is 3.27. The summed E-state index contributed by atoms with van der Waals surface area (Å²) in [5.41, 5.74) is 1.41. The van der Waals surface area contributed by atoms with Gasteiger partial charge in [-0.15, -0.1) is 23.1 Å². The van der Waals surface area contributed by atoms with Crippen LogP contribution in [0.15, 0.2) is 75.1 Å². The van der Waals surface area contributed by atoms with Crippen molar-refractivity contribution in [2.45, 2.75) is 16.0 Å². The predicted octanol–water partition coefficient (Wildman–Crippen LogP) is 4.30. The first-order valence-electron chi connectivity index (χ1n) is 9.14. The lowest BCUT2D eigenvalue weighted by atomic mass is 10.2. The normalized spacial score (nSPS) is 11.3. The summed E-state index contributed by atoms with van der Waals surface area (Å²) in [5, 5.41) is 4.41. The molecule has 3 rings (SSSR count). The van der Waals surface area contributed by atoms with E-state index in [4.69, 9.17) is 0 Å². The van der Waals surface area contributed by atoms with Gasteiger partial charge in [0, 0.05) is 17.2 Å². The van der Waals surface area contributed by atoms with Crippen molar-refractivity contribution in [3.63, 3.8) is 0 Å². The molecule has 2 aromatic carbocycles. The number of rotatable bonds is 9. The largest absolute Gasteiger partial charge is 0.354 e. The van der Waals surface area contributed by atoms with Crippen LogP contribution in [0.4, 0.5) is 10.1 Å². The maximum atomic E-state index is 13.3. The predicted molar refractivity (Wildman–Crippen MR) is 120 cm³/mol. The molecule has 5 nitrogen and oxygen atoms in total. The van der Waals surface area contributed by atoms with E-state index >= 15 is 0 Å². The molecule has 0 aliphatic carbocycles. The number of sulfonamides is 1. The molecule has 0 saturated carbocycles. The summed E-state index contributed by atoms with van der Waals surface area (Å²) in [6.07, 6.45) is 0. The Morgan fingerprint density at radius 1 is 1.10 bits per heavy atom. The van der Waals surface area contributed by atoms with Gasteiger partial charge in [-0.05, 0) is 54.8 Å². The summed E-state index contributed by atoms with van der Waals surface area (Å²) in [7, 11) is -3.93. The molecular formula is C21H21FN2O3S3. The van der Waals surface area contributed by atoms with Crippen molar-refractivity contribution in [3.05, 3.63) is 77.4 Å². The van der Waals surface area contributed by atoms with Crippen LogP contribution in [0.1, 0.15) is 5.56 Å². The van der Waals surface area contributed by atoms with Crippen LogP contribution < -0.4 is 9.62 Å². The Labute approximate surface area is 184 Å². The number of benzene rings is 2. The Bertz CT molecular complexity index is 1070. The second kappa shape index (κ2) is 10.1. The molecule has 158 valence electrons. The molecule has 1 amide bonds. The molecule has 0 radical (unpaired) electrons. The van der Waals surface area contributed by atoms with Crippen LogP contribution in [-0.4, -0.2) is 33.2 Å². The second-order valence-corrected chi connectivity index (χ2v) is 10.6. The molecule has 3 aromatic rings. The number of amides is 1. The first-order valence-corrected chi connectivity index (χ1v) is 12.4. The van der Waals surface area contributed by atoms with E-state index in [2.05, 4.69) is 5.32 Å². The van der Waals surface area contributed by atoms with Crippen LogP contribution >= 0.6 is 23.1 Å². The third-order valence-electron chi connectivity index (χ3n) is 4.16. The monoisotopic (exact) mass is 464 g/mol. The first-order chi connectivity index (χ1) is 14.4. The van der Waals surface area contributed by atoms with Gasteiger partial charge in [0.1, 0.15) is 16.6 Å². The van der Waals surface area contributed by atoms with E-state index in [-0.39, 0.29) is 16.4 Å². The van der Waals surface area contributed by atoms with Gasteiger partial charge in [0.25, 0.3) is 10.0 Å². The smallest absolute Gasteiger partial charge is 0.274 e.